The SMILES string of the molecule is CCNC(Cc1ccc(F)cc1Cl)c1ccsc1. The first-order chi connectivity index (χ1) is 8.70. The molecule has 0 radical (unpaired) electrons. The van der Waals surface area contributed by atoms with Gasteiger partial charge in [-0.15, -0.1) is 0 Å². The molecule has 1 atom stereocenters. The van der Waals surface area contributed by atoms with Crippen LogP contribution in [0, 0.1) is 5.82 Å². The van der Waals surface area contributed by atoms with Gasteiger partial charge in [-0.05, 0) is 53.1 Å². The molecule has 0 bridgehead atoms. The molecule has 0 spiro atoms. The van der Waals surface area contributed by atoms with Gasteiger partial charge in [0.2, 0.25) is 0 Å². The molecule has 2 rings (SSSR count). The molecule has 0 saturated carbocycles. The number of benzene rings is 1. The smallest absolute Gasteiger partial charge is 0.124 e. The van der Waals surface area contributed by atoms with Crippen molar-refractivity contribution in [3.8, 4) is 0 Å². The van der Waals surface area contributed by atoms with Crippen molar-refractivity contribution in [3.05, 3.63) is 57.0 Å². The number of halogens is 2. The van der Waals surface area contributed by atoms with E-state index in [0.29, 0.717) is 5.02 Å². The second-order valence-corrected chi connectivity index (χ2v) is 5.29. The number of thiophene rings is 1. The van der Waals surface area contributed by atoms with Crippen molar-refractivity contribution in [1.82, 2.24) is 5.32 Å². The summed E-state index contributed by atoms with van der Waals surface area (Å²) in [5.74, 6) is -0.292. The largest absolute Gasteiger partial charge is 0.310 e. The Bertz CT molecular complexity index is 499. The van der Waals surface area contributed by atoms with Gasteiger partial charge in [0.15, 0.2) is 0 Å². The van der Waals surface area contributed by atoms with Gasteiger partial charge in [-0.1, -0.05) is 24.6 Å². The van der Waals surface area contributed by atoms with Crippen molar-refractivity contribution in [1.29, 1.82) is 0 Å². The Labute approximate surface area is 116 Å². The third kappa shape index (κ3) is 3.31. The third-order valence-electron chi connectivity index (χ3n) is 2.84. The zero-order valence-electron chi connectivity index (χ0n) is 10.1. The molecule has 4 heteroatoms. The number of nitrogens with one attached hydrogen (secondary N) is 1. The molecular formula is C14H15ClFNS. The van der Waals surface area contributed by atoms with Gasteiger partial charge in [0.1, 0.15) is 5.82 Å². The highest BCUT2D eigenvalue weighted by Gasteiger charge is 2.13. The maximum atomic E-state index is 13.0. The summed E-state index contributed by atoms with van der Waals surface area (Å²) >= 11 is 7.75. The van der Waals surface area contributed by atoms with Gasteiger partial charge in [-0.2, -0.15) is 11.3 Å². The van der Waals surface area contributed by atoms with Crippen molar-refractivity contribution in [2.24, 2.45) is 0 Å². The summed E-state index contributed by atoms with van der Waals surface area (Å²) in [5.41, 5.74) is 2.22. The lowest BCUT2D eigenvalue weighted by molar-refractivity contribution is 0.550. The first kappa shape index (κ1) is 13.5. The number of hydrogen-bond acceptors (Lipinski definition) is 2. The Morgan fingerprint density at radius 1 is 1.39 bits per heavy atom. The molecule has 1 nitrogen and oxygen atoms in total. The molecule has 0 fully saturated rings. The van der Waals surface area contributed by atoms with Crippen LogP contribution in [0.3, 0.4) is 0 Å². The molecule has 1 aromatic carbocycles. The normalized spacial score (nSPS) is 12.6. The van der Waals surface area contributed by atoms with Crippen molar-refractivity contribution < 1.29 is 4.39 Å². The third-order valence-corrected chi connectivity index (χ3v) is 3.89. The first-order valence-corrected chi connectivity index (χ1v) is 7.22. The second kappa shape index (κ2) is 6.32. The van der Waals surface area contributed by atoms with Crippen LogP contribution in [0.15, 0.2) is 35.0 Å². The van der Waals surface area contributed by atoms with Crippen LogP contribution >= 0.6 is 22.9 Å². The monoisotopic (exact) mass is 283 g/mol. The molecule has 1 N–H and O–H groups in total. The lowest BCUT2D eigenvalue weighted by Crippen LogP contribution is -2.22. The van der Waals surface area contributed by atoms with Crippen LogP contribution in [-0.2, 0) is 6.42 Å². The maximum Gasteiger partial charge on any atom is 0.124 e. The van der Waals surface area contributed by atoms with Crippen molar-refractivity contribution in [3.63, 3.8) is 0 Å². The Hall–Kier alpha value is -0.900. The molecule has 0 aliphatic rings. The number of likely N-dealkylation sites (N-methyl/N-ethyl adjacent to an activating group) is 1. The molecule has 2 aromatic rings. The first-order valence-electron chi connectivity index (χ1n) is 5.90. The van der Waals surface area contributed by atoms with Gasteiger partial charge in [0, 0.05) is 11.1 Å². The van der Waals surface area contributed by atoms with E-state index in [1.807, 2.05) is 0 Å². The second-order valence-electron chi connectivity index (χ2n) is 4.11. The summed E-state index contributed by atoms with van der Waals surface area (Å²) in [6.07, 6.45) is 0.768. The summed E-state index contributed by atoms with van der Waals surface area (Å²) in [6, 6.07) is 6.92. The molecule has 0 aliphatic carbocycles. The summed E-state index contributed by atoms with van der Waals surface area (Å²) in [7, 11) is 0. The fourth-order valence-electron chi connectivity index (χ4n) is 1.93. The van der Waals surface area contributed by atoms with Crippen LogP contribution < -0.4 is 5.32 Å². The minimum Gasteiger partial charge on any atom is -0.310 e. The van der Waals surface area contributed by atoms with E-state index in [1.165, 1.54) is 17.7 Å². The van der Waals surface area contributed by atoms with E-state index in [-0.39, 0.29) is 11.9 Å². The van der Waals surface area contributed by atoms with Gasteiger partial charge in [-0.25, -0.2) is 4.39 Å². The van der Waals surface area contributed by atoms with Crippen molar-refractivity contribution in [2.75, 3.05) is 6.54 Å². The van der Waals surface area contributed by atoms with Gasteiger partial charge >= 0.3 is 0 Å². The van der Waals surface area contributed by atoms with Gasteiger partial charge in [0.25, 0.3) is 0 Å². The molecule has 0 aliphatic heterocycles. The quantitative estimate of drug-likeness (QED) is 0.856. The average Bonchev–Trinajstić information content (AvgIpc) is 2.85. The lowest BCUT2D eigenvalue weighted by Gasteiger charge is -2.17. The fraction of sp³-hybridized carbons (Fsp3) is 0.286. The average molecular weight is 284 g/mol. The Balaban J connectivity index is 2.18. The Morgan fingerprint density at radius 3 is 2.83 bits per heavy atom. The standard InChI is InChI=1S/C14H15ClFNS/c1-2-17-14(11-5-6-18-9-11)7-10-3-4-12(16)8-13(10)15/h3-6,8-9,14,17H,2,7H2,1H3. The van der Waals surface area contributed by atoms with Crippen LogP contribution in [-0.4, -0.2) is 6.54 Å². The summed E-state index contributed by atoms with van der Waals surface area (Å²) in [4.78, 5) is 0. The van der Waals surface area contributed by atoms with Crippen LogP contribution in [0.25, 0.3) is 0 Å². The van der Waals surface area contributed by atoms with E-state index in [9.17, 15) is 4.39 Å². The topological polar surface area (TPSA) is 12.0 Å². The van der Waals surface area contributed by atoms with E-state index >= 15 is 0 Å². The highest BCUT2D eigenvalue weighted by Crippen LogP contribution is 2.25. The predicted molar refractivity (Wildman–Crippen MR) is 75.9 cm³/mol. The van der Waals surface area contributed by atoms with E-state index in [1.54, 1.807) is 17.4 Å². The molecular weight excluding hydrogens is 269 g/mol. The fourth-order valence-corrected chi connectivity index (χ4v) is 2.89. The number of rotatable bonds is 5. The minimum atomic E-state index is -0.292. The molecule has 1 unspecified atom stereocenters. The van der Waals surface area contributed by atoms with Gasteiger partial charge < -0.3 is 5.32 Å². The van der Waals surface area contributed by atoms with E-state index < -0.39 is 0 Å². The van der Waals surface area contributed by atoms with E-state index in [2.05, 4.69) is 29.1 Å². The number of hydrogen-bond donors (Lipinski definition) is 1. The predicted octanol–water partition coefficient (Wildman–Crippen LogP) is 4.43. The lowest BCUT2D eigenvalue weighted by atomic mass is 10.0. The van der Waals surface area contributed by atoms with Gasteiger partial charge in [-0.3, -0.25) is 0 Å². The Morgan fingerprint density at radius 2 is 2.22 bits per heavy atom. The summed E-state index contributed by atoms with van der Waals surface area (Å²) < 4.78 is 13.0. The summed E-state index contributed by atoms with van der Waals surface area (Å²) in [5, 5.41) is 8.11. The van der Waals surface area contributed by atoms with E-state index in [0.717, 1.165) is 18.5 Å². The molecule has 18 heavy (non-hydrogen) atoms. The van der Waals surface area contributed by atoms with Gasteiger partial charge in [0.05, 0.1) is 0 Å². The molecule has 0 amide bonds. The van der Waals surface area contributed by atoms with Crippen molar-refractivity contribution >= 4 is 22.9 Å². The van der Waals surface area contributed by atoms with Crippen LogP contribution in [0.5, 0.6) is 0 Å². The molecule has 1 heterocycles. The molecule has 96 valence electrons. The van der Waals surface area contributed by atoms with Crippen LogP contribution in [0.2, 0.25) is 5.02 Å². The van der Waals surface area contributed by atoms with Crippen LogP contribution in [0.4, 0.5) is 4.39 Å². The maximum absolute atomic E-state index is 13.0. The van der Waals surface area contributed by atoms with Crippen LogP contribution in [0.1, 0.15) is 24.1 Å². The molecule has 0 saturated heterocycles. The van der Waals surface area contributed by atoms with Crippen molar-refractivity contribution in [2.45, 2.75) is 19.4 Å². The Kier molecular flexibility index (Phi) is 4.75. The van der Waals surface area contributed by atoms with E-state index in [4.69, 9.17) is 11.6 Å². The zero-order chi connectivity index (χ0) is 13.0. The zero-order valence-corrected chi connectivity index (χ0v) is 11.7. The highest BCUT2D eigenvalue weighted by molar-refractivity contribution is 7.07. The molecule has 1 aromatic heterocycles. The highest BCUT2D eigenvalue weighted by atomic mass is 35.5. The summed E-state index contributed by atoms with van der Waals surface area (Å²) in [6.45, 7) is 2.96. The minimum absolute atomic E-state index is 0.226.